The van der Waals surface area contributed by atoms with Crippen molar-refractivity contribution in [1.29, 1.82) is 0 Å². The second-order valence-electron chi connectivity index (χ2n) is 4.26. The summed E-state index contributed by atoms with van der Waals surface area (Å²) in [4.78, 5) is 15.9. The first-order chi connectivity index (χ1) is 10.2. The van der Waals surface area contributed by atoms with E-state index < -0.39 is 0 Å². The normalized spacial score (nSPS) is 9.67. The standard InChI is InChI=1S/C16H15N3O2/c1-2-9-21-13-6-3-5-12(10-13)11-19-16(20)14-7-4-8-18-15(14)17/h1,3-8,10H,9,11H2,(H2,17,18)(H,19,20). The van der Waals surface area contributed by atoms with Crippen molar-refractivity contribution >= 4 is 11.7 Å². The number of benzene rings is 1. The van der Waals surface area contributed by atoms with Crippen LogP contribution in [-0.4, -0.2) is 17.5 Å². The average molecular weight is 281 g/mol. The summed E-state index contributed by atoms with van der Waals surface area (Å²) in [6.07, 6.45) is 6.68. The maximum atomic E-state index is 12.0. The topological polar surface area (TPSA) is 77.2 Å². The fourth-order valence-electron chi connectivity index (χ4n) is 1.76. The molecule has 0 aliphatic rings. The van der Waals surface area contributed by atoms with E-state index in [9.17, 15) is 4.79 Å². The van der Waals surface area contributed by atoms with E-state index in [-0.39, 0.29) is 18.3 Å². The lowest BCUT2D eigenvalue weighted by molar-refractivity contribution is 0.0951. The predicted octanol–water partition coefficient (Wildman–Crippen LogP) is 1.61. The summed E-state index contributed by atoms with van der Waals surface area (Å²) < 4.78 is 5.33. The number of pyridine rings is 1. The number of hydrogen-bond donors (Lipinski definition) is 2. The summed E-state index contributed by atoms with van der Waals surface area (Å²) in [5.74, 6) is 3.01. The molecule has 2 aromatic rings. The lowest BCUT2D eigenvalue weighted by Gasteiger charge is -2.08. The van der Waals surface area contributed by atoms with Crippen LogP contribution in [0.4, 0.5) is 5.82 Å². The Labute approximate surface area is 123 Å². The van der Waals surface area contributed by atoms with E-state index in [2.05, 4.69) is 16.2 Å². The molecule has 0 radical (unpaired) electrons. The van der Waals surface area contributed by atoms with Gasteiger partial charge in [0, 0.05) is 12.7 Å². The summed E-state index contributed by atoms with van der Waals surface area (Å²) >= 11 is 0. The number of ether oxygens (including phenoxy) is 1. The molecule has 0 unspecified atom stereocenters. The minimum absolute atomic E-state index is 0.209. The number of anilines is 1. The highest BCUT2D eigenvalue weighted by atomic mass is 16.5. The van der Waals surface area contributed by atoms with Gasteiger partial charge >= 0.3 is 0 Å². The minimum Gasteiger partial charge on any atom is -0.481 e. The van der Waals surface area contributed by atoms with Crippen LogP contribution in [0.3, 0.4) is 0 Å². The summed E-state index contributed by atoms with van der Waals surface area (Å²) in [6, 6.07) is 10.6. The third-order valence-electron chi connectivity index (χ3n) is 2.76. The van der Waals surface area contributed by atoms with Crippen LogP contribution in [0.1, 0.15) is 15.9 Å². The molecule has 5 heteroatoms. The molecular formula is C16H15N3O2. The first-order valence-electron chi connectivity index (χ1n) is 6.34. The van der Waals surface area contributed by atoms with Crippen molar-refractivity contribution in [3.8, 4) is 18.1 Å². The molecule has 106 valence electrons. The van der Waals surface area contributed by atoms with E-state index in [0.717, 1.165) is 5.56 Å². The highest BCUT2D eigenvalue weighted by Gasteiger charge is 2.09. The fourth-order valence-corrected chi connectivity index (χ4v) is 1.76. The van der Waals surface area contributed by atoms with E-state index >= 15 is 0 Å². The van der Waals surface area contributed by atoms with Crippen LogP contribution in [0.5, 0.6) is 5.75 Å². The Kier molecular flexibility index (Phi) is 4.78. The quantitative estimate of drug-likeness (QED) is 0.816. The number of hydrogen-bond acceptors (Lipinski definition) is 4. The molecule has 0 fully saturated rings. The van der Waals surface area contributed by atoms with Crippen LogP contribution in [0.15, 0.2) is 42.6 Å². The summed E-state index contributed by atoms with van der Waals surface area (Å²) in [7, 11) is 0. The van der Waals surface area contributed by atoms with Crippen molar-refractivity contribution in [3.05, 3.63) is 53.7 Å². The third kappa shape index (κ3) is 3.98. The lowest BCUT2D eigenvalue weighted by Crippen LogP contribution is -2.24. The number of nitrogens with one attached hydrogen (secondary N) is 1. The maximum absolute atomic E-state index is 12.0. The Morgan fingerprint density at radius 3 is 3.00 bits per heavy atom. The highest BCUT2D eigenvalue weighted by molar-refractivity contribution is 5.98. The van der Waals surface area contributed by atoms with Crippen LogP contribution in [-0.2, 0) is 6.54 Å². The number of nitrogens with two attached hydrogens (primary N) is 1. The smallest absolute Gasteiger partial charge is 0.255 e. The fraction of sp³-hybridized carbons (Fsp3) is 0.125. The maximum Gasteiger partial charge on any atom is 0.255 e. The first kappa shape index (κ1) is 14.4. The zero-order valence-electron chi connectivity index (χ0n) is 11.4. The number of carbonyl (C=O) groups is 1. The average Bonchev–Trinajstić information content (AvgIpc) is 2.51. The van der Waals surface area contributed by atoms with Gasteiger partial charge in [-0.05, 0) is 29.8 Å². The Balaban J connectivity index is 1.98. The zero-order chi connectivity index (χ0) is 15.1. The zero-order valence-corrected chi connectivity index (χ0v) is 11.4. The van der Waals surface area contributed by atoms with Gasteiger partial charge in [0.05, 0.1) is 5.56 Å². The molecule has 21 heavy (non-hydrogen) atoms. The van der Waals surface area contributed by atoms with Gasteiger partial charge in [0.1, 0.15) is 18.2 Å². The van der Waals surface area contributed by atoms with Gasteiger partial charge in [0.2, 0.25) is 0 Å². The highest BCUT2D eigenvalue weighted by Crippen LogP contribution is 2.13. The molecule has 1 amide bonds. The number of amides is 1. The Bertz CT molecular complexity index is 677. The molecule has 0 atom stereocenters. The third-order valence-corrected chi connectivity index (χ3v) is 2.76. The van der Waals surface area contributed by atoms with Gasteiger partial charge in [-0.1, -0.05) is 18.1 Å². The van der Waals surface area contributed by atoms with E-state index in [0.29, 0.717) is 17.9 Å². The van der Waals surface area contributed by atoms with E-state index in [1.165, 1.54) is 0 Å². The Morgan fingerprint density at radius 2 is 2.24 bits per heavy atom. The van der Waals surface area contributed by atoms with Gasteiger partial charge in [-0.25, -0.2) is 4.98 Å². The van der Waals surface area contributed by atoms with Gasteiger partial charge < -0.3 is 15.8 Å². The molecule has 1 aromatic heterocycles. The van der Waals surface area contributed by atoms with Crippen molar-refractivity contribution in [3.63, 3.8) is 0 Å². The minimum atomic E-state index is -0.268. The predicted molar refractivity (Wildman–Crippen MR) is 80.6 cm³/mol. The van der Waals surface area contributed by atoms with Gasteiger partial charge in [-0.2, -0.15) is 0 Å². The molecule has 0 saturated carbocycles. The second-order valence-corrected chi connectivity index (χ2v) is 4.26. The first-order valence-corrected chi connectivity index (χ1v) is 6.34. The SMILES string of the molecule is C#CCOc1cccc(CNC(=O)c2cccnc2N)c1. The summed E-state index contributed by atoms with van der Waals surface area (Å²) in [5.41, 5.74) is 6.92. The number of terminal acetylenes is 1. The van der Waals surface area contributed by atoms with Crippen LogP contribution in [0, 0.1) is 12.3 Å². The van der Waals surface area contributed by atoms with Crippen molar-refractivity contribution in [2.45, 2.75) is 6.54 Å². The van der Waals surface area contributed by atoms with Crippen molar-refractivity contribution in [2.24, 2.45) is 0 Å². The van der Waals surface area contributed by atoms with Crippen LogP contribution in [0.25, 0.3) is 0 Å². The molecule has 0 spiro atoms. The summed E-state index contributed by atoms with van der Waals surface area (Å²) in [5, 5.41) is 2.78. The van der Waals surface area contributed by atoms with Crippen molar-refractivity contribution in [2.75, 3.05) is 12.3 Å². The lowest BCUT2D eigenvalue weighted by atomic mass is 10.2. The molecule has 0 aliphatic carbocycles. The van der Waals surface area contributed by atoms with E-state index in [1.807, 2.05) is 24.3 Å². The molecule has 1 heterocycles. The number of nitrogens with zero attached hydrogens (tertiary/aromatic N) is 1. The number of nitrogen functional groups attached to an aromatic ring is 1. The molecular weight excluding hydrogens is 266 g/mol. The molecule has 0 saturated heterocycles. The monoisotopic (exact) mass is 281 g/mol. The molecule has 5 nitrogen and oxygen atoms in total. The Hall–Kier alpha value is -3.00. The molecule has 0 aliphatic heterocycles. The van der Waals surface area contributed by atoms with Crippen LogP contribution in [0.2, 0.25) is 0 Å². The van der Waals surface area contributed by atoms with Crippen molar-refractivity contribution < 1.29 is 9.53 Å². The summed E-state index contributed by atoms with van der Waals surface area (Å²) in [6.45, 7) is 0.572. The van der Waals surface area contributed by atoms with Gasteiger partial charge in [-0.3, -0.25) is 4.79 Å². The number of rotatable bonds is 5. The van der Waals surface area contributed by atoms with Crippen LogP contribution >= 0.6 is 0 Å². The molecule has 2 rings (SSSR count). The van der Waals surface area contributed by atoms with E-state index in [4.69, 9.17) is 16.9 Å². The van der Waals surface area contributed by atoms with Gasteiger partial charge in [-0.15, -0.1) is 6.42 Å². The van der Waals surface area contributed by atoms with E-state index in [1.54, 1.807) is 18.3 Å². The largest absolute Gasteiger partial charge is 0.481 e. The van der Waals surface area contributed by atoms with Gasteiger partial charge in [0.25, 0.3) is 5.91 Å². The van der Waals surface area contributed by atoms with Crippen molar-refractivity contribution in [1.82, 2.24) is 10.3 Å². The number of carbonyl (C=O) groups excluding carboxylic acids is 1. The Morgan fingerprint density at radius 1 is 1.38 bits per heavy atom. The molecule has 3 N–H and O–H groups in total. The van der Waals surface area contributed by atoms with Crippen LogP contribution < -0.4 is 15.8 Å². The number of aromatic nitrogens is 1. The van der Waals surface area contributed by atoms with Gasteiger partial charge in [0.15, 0.2) is 0 Å². The molecule has 0 bridgehead atoms. The molecule has 1 aromatic carbocycles. The second kappa shape index (κ2) is 6.96.